The van der Waals surface area contributed by atoms with Crippen LogP contribution in [-0.4, -0.2) is 72.0 Å². The van der Waals surface area contributed by atoms with Gasteiger partial charge in [0.25, 0.3) is 5.91 Å². The average molecular weight is 405 g/mol. The number of rotatable bonds is 8. The molecule has 0 bridgehead atoms. The van der Waals surface area contributed by atoms with Gasteiger partial charge < -0.3 is 20.4 Å². The van der Waals surface area contributed by atoms with Crippen LogP contribution in [0.5, 0.6) is 0 Å². The number of carbonyl (C=O) groups is 3. The topological polar surface area (TPSA) is 96.2 Å². The van der Waals surface area contributed by atoms with E-state index in [-0.39, 0.29) is 6.42 Å². The summed E-state index contributed by atoms with van der Waals surface area (Å²) in [6.07, 6.45) is 1.88. The first-order valence-corrected chi connectivity index (χ1v) is 10.2. The summed E-state index contributed by atoms with van der Waals surface area (Å²) in [5.41, 5.74) is 6.55. The van der Waals surface area contributed by atoms with Crippen LogP contribution in [0.3, 0.4) is 0 Å². The Labute approximate surface area is 172 Å². The van der Waals surface area contributed by atoms with E-state index in [4.69, 9.17) is 10.6 Å². The van der Waals surface area contributed by atoms with E-state index in [0.717, 1.165) is 30.1 Å². The van der Waals surface area contributed by atoms with Crippen molar-refractivity contribution in [2.45, 2.75) is 45.1 Å². The molecule has 8 heteroatoms. The van der Waals surface area contributed by atoms with Gasteiger partial charge in [-0.3, -0.25) is 9.59 Å². The third-order valence-corrected chi connectivity index (χ3v) is 5.10. The number of amides is 3. The van der Waals surface area contributed by atoms with Gasteiger partial charge >= 0.3 is 6.09 Å². The maximum atomic E-state index is 12.9. The van der Waals surface area contributed by atoms with E-state index in [9.17, 15) is 14.4 Å². The minimum atomic E-state index is -0.963. The second-order valence-electron chi connectivity index (χ2n) is 7.41. The third kappa shape index (κ3) is 7.05. The molecule has 0 radical (unpaired) electrons. The predicted octanol–water partition coefficient (Wildman–Crippen LogP) is 1.79. The molecule has 1 aromatic rings. The zero-order valence-corrected chi connectivity index (χ0v) is 17.4. The molecule has 1 fully saturated rings. The van der Waals surface area contributed by atoms with Crippen molar-refractivity contribution in [1.29, 1.82) is 0 Å². The first-order chi connectivity index (χ1) is 13.9. The monoisotopic (exact) mass is 404 g/mol. The lowest BCUT2D eigenvalue weighted by molar-refractivity contribution is -0.183. The van der Waals surface area contributed by atoms with Crippen LogP contribution in [-0.2, 0) is 20.8 Å². The average Bonchev–Trinajstić information content (AvgIpc) is 2.72. The van der Waals surface area contributed by atoms with Gasteiger partial charge in [0.15, 0.2) is 0 Å². The van der Waals surface area contributed by atoms with E-state index in [2.05, 4.69) is 4.90 Å². The molecular formula is C21H32N4O4. The van der Waals surface area contributed by atoms with Crippen molar-refractivity contribution in [3.63, 3.8) is 0 Å². The Morgan fingerprint density at radius 3 is 2.38 bits per heavy atom. The fraction of sp³-hybridized carbons (Fsp3) is 0.571. The Morgan fingerprint density at radius 1 is 1.14 bits per heavy atom. The van der Waals surface area contributed by atoms with Gasteiger partial charge in [-0.1, -0.05) is 50.1 Å². The normalized spacial score (nSPS) is 15.6. The predicted molar refractivity (Wildman–Crippen MR) is 110 cm³/mol. The Hall–Kier alpha value is -2.61. The van der Waals surface area contributed by atoms with Crippen molar-refractivity contribution < 1.29 is 19.2 Å². The van der Waals surface area contributed by atoms with Gasteiger partial charge in [0.1, 0.15) is 6.04 Å². The van der Waals surface area contributed by atoms with Crippen LogP contribution in [0.1, 0.15) is 38.2 Å². The lowest BCUT2D eigenvalue weighted by Gasteiger charge is -2.34. The Bertz CT molecular complexity index is 675. The molecule has 0 aromatic heterocycles. The van der Waals surface area contributed by atoms with Crippen LogP contribution in [0.25, 0.3) is 0 Å². The Kier molecular flexibility index (Phi) is 8.92. The number of nitrogens with two attached hydrogens (primary N) is 1. The number of unbranched alkanes of at least 4 members (excludes halogenated alkanes) is 1. The van der Waals surface area contributed by atoms with Gasteiger partial charge in [0, 0.05) is 32.6 Å². The zero-order chi connectivity index (χ0) is 21.2. The molecule has 2 rings (SSSR count). The zero-order valence-electron chi connectivity index (χ0n) is 17.4. The standard InChI is InChI=1S/C21H32N4O4/c1-3-4-10-18(20(22)27)25(19(26)12-11-17-8-6-5-7-9-17)29-21(28)24-15-13-23(2)14-16-24/h5-9,18H,3-4,10-16H2,1-2H3,(H2,22,27). The molecule has 2 N–H and O–H groups in total. The van der Waals surface area contributed by atoms with Crippen LogP contribution in [0, 0.1) is 0 Å². The van der Waals surface area contributed by atoms with E-state index >= 15 is 0 Å². The van der Waals surface area contributed by atoms with Crippen molar-refractivity contribution in [3.05, 3.63) is 35.9 Å². The number of carbonyl (C=O) groups excluding carboxylic acids is 3. The number of primary amides is 1. The second kappa shape index (κ2) is 11.4. The molecule has 29 heavy (non-hydrogen) atoms. The number of likely N-dealkylation sites (N-methyl/N-ethyl adjacent to an activating group) is 1. The number of aryl methyl sites for hydroxylation is 1. The SMILES string of the molecule is CCCCC(C(N)=O)N(OC(=O)N1CCN(C)CC1)C(=O)CCc1ccccc1. The van der Waals surface area contributed by atoms with E-state index in [0.29, 0.717) is 32.4 Å². The summed E-state index contributed by atoms with van der Waals surface area (Å²) in [6, 6.07) is 8.60. The minimum absolute atomic E-state index is 0.121. The van der Waals surface area contributed by atoms with Crippen molar-refractivity contribution in [3.8, 4) is 0 Å². The largest absolute Gasteiger partial charge is 0.434 e. The van der Waals surface area contributed by atoms with Gasteiger partial charge in [-0.05, 0) is 25.5 Å². The van der Waals surface area contributed by atoms with E-state index < -0.39 is 23.9 Å². The molecule has 0 aliphatic carbocycles. The molecule has 1 aliphatic rings. The Morgan fingerprint density at radius 2 is 1.79 bits per heavy atom. The van der Waals surface area contributed by atoms with Crippen LogP contribution < -0.4 is 5.73 Å². The highest BCUT2D eigenvalue weighted by Crippen LogP contribution is 2.15. The molecule has 1 heterocycles. The van der Waals surface area contributed by atoms with Gasteiger partial charge in [-0.15, -0.1) is 0 Å². The van der Waals surface area contributed by atoms with Crippen molar-refractivity contribution in [1.82, 2.24) is 14.9 Å². The molecular weight excluding hydrogens is 372 g/mol. The highest BCUT2D eigenvalue weighted by molar-refractivity contribution is 5.87. The van der Waals surface area contributed by atoms with Crippen molar-refractivity contribution in [2.75, 3.05) is 33.2 Å². The molecule has 3 amide bonds. The summed E-state index contributed by atoms with van der Waals surface area (Å²) in [5, 5.41) is 0.918. The third-order valence-electron chi connectivity index (χ3n) is 5.10. The molecule has 8 nitrogen and oxygen atoms in total. The molecule has 0 saturated carbocycles. The van der Waals surface area contributed by atoms with Crippen molar-refractivity contribution in [2.24, 2.45) is 5.73 Å². The number of hydroxylamine groups is 2. The molecule has 1 aromatic carbocycles. The summed E-state index contributed by atoms with van der Waals surface area (Å²) in [6.45, 7) is 4.46. The molecule has 1 unspecified atom stereocenters. The van der Waals surface area contributed by atoms with E-state index in [1.165, 1.54) is 0 Å². The first-order valence-electron chi connectivity index (χ1n) is 10.2. The number of hydrogen-bond acceptors (Lipinski definition) is 5. The number of nitrogens with zero attached hydrogens (tertiary/aromatic N) is 3. The highest BCUT2D eigenvalue weighted by Gasteiger charge is 2.33. The summed E-state index contributed by atoms with van der Waals surface area (Å²) >= 11 is 0. The fourth-order valence-electron chi connectivity index (χ4n) is 3.20. The number of benzene rings is 1. The van der Waals surface area contributed by atoms with Crippen molar-refractivity contribution >= 4 is 17.9 Å². The van der Waals surface area contributed by atoms with Gasteiger partial charge in [-0.25, -0.2) is 4.79 Å². The molecule has 1 aliphatic heterocycles. The molecule has 0 spiro atoms. The smallest absolute Gasteiger partial charge is 0.368 e. The summed E-state index contributed by atoms with van der Waals surface area (Å²) in [7, 11) is 1.98. The van der Waals surface area contributed by atoms with Gasteiger partial charge in [-0.2, -0.15) is 5.06 Å². The lowest BCUT2D eigenvalue weighted by atomic mass is 10.1. The van der Waals surface area contributed by atoms with Gasteiger partial charge in [0.05, 0.1) is 0 Å². The lowest BCUT2D eigenvalue weighted by Crippen LogP contribution is -2.53. The molecule has 160 valence electrons. The van der Waals surface area contributed by atoms with Crippen LogP contribution in [0.15, 0.2) is 30.3 Å². The summed E-state index contributed by atoms with van der Waals surface area (Å²) in [4.78, 5) is 46.7. The van der Waals surface area contributed by atoms with E-state index in [1.54, 1.807) is 4.90 Å². The number of piperazine rings is 1. The highest BCUT2D eigenvalue weighted by atomic mass is 16.7. The second-order valence-corrected chi connectivity index (χ2v) is 7.41. The first kappa shape index (κ1) is 22.7. The minimum Gasteiger partial charge on any atom is -0.368 e. The molecule has 1 saturated heterocycles. The van der Waals surface area contributed by atoms with Crippen LogP contribution >= 0.6 is 0 Å². The van der Waals surface area contributed by atoms with E-state index in [1.807, 2.05) is 44.3 Å². The quantitative estimate of drug-likeness (QED) is 0.667. The summed E-state index contributed by atoms with van der Waals surface area (Å²) in [5.74, 6) is -1.09. The Balaban J connectivity index is 2.09. The number of hydrogen-bond donors (Lipinski definition) is 1. The van der Waals surface area contributed by atoms with Gasteiger partial charge in [0.2, 0.25) is 5.91 Å². The summed E-state index contributed by atoms with van der Waals surface area (Å²) < 4.78 is 0. The maximum absolute atomic E-state index is 12.9. The maximum Gasteiger partial charge on any atom is 0.434 e. The molecule has 1 atom stereocenters. The fourth-order valence-corrected chi connectivity index (χ4v) is 3.20. The van der Waals surface area contributed by atoms with Crippen LogP contribution in [0.4, 0.5) is 4.79 Å². The van der Waals surface area contributed by atoms with Crippen LogP contribution in [0.2, 0.25) is 0 Å².